The van der Waals surface area contributed by atoms with E-state index in [0.717, 1.165) is 0 Å². The third kappa shape index (κ3) is 56.3. The van der Waals surface area contributed by atoms with E-state index in [2.05, 4.69) is 28.2 Å². The summed E-state index contributed by atoms with van der Waals surface area (Å²) in [5.41, 5.74) is -3.33. The van der Waals surface area contributed by atoms with Crippen molar-refractivity contribution in [2.45, 2.75) is 112 Å². The predicted molar refractivity (Wildman–Crippen MR) is 119 cm³/mol. The average molecular weight is 409 g/mol. The number of hydrogen-bond donors (Lipinski definition) is 4. The van der Waals surface area contributed by atoms with Gasteiger partial charge in [0, 0.05) is 0 Å². The first-order chi connectivity index (χ1) is 11.3. The van der Waals surface area contributed by atoms with Gasteiger partial charge < -0.3 is 25.3 Å². The average Bonchev–Trinajstić information content (AvgIpc) is 2.39. The van der Waals surface area contributed by atoms with Crippen molar-refractivity contribution in [2.75, 3.05) is 6.61 Å². The Bertz CT molecular complexity index is 374. The molecule has 6 nitrogen and oxygen atoms in total. The fourth-order valence-corrected chi connectivity index (χ4v) is 1.03. The Kier molecular flexibility index (Phi) is 22.6. The van der Waals surface area contributed by atoms with Crippen LogP contribution in [0.5, 0.6) is 0 Å². The molecule has 0 fully saturated rings. The van der Waals surface area contributed by atoms with Gasteiger partial charge in [-0.15, -0.1) is 0 Å². The third-order valence-corrected chi connectivity index (χ3v) is 2.28. The van der Waals surface area contributed by atoms with E-state index < -0.39 is 22.4 Å². The molecular weight excluding hydrogens is 360 g/mol. The molecule has 28 heavy (non-hydrogen) atoms. The van der Waals surface area contributed by atoms with Crippen LogP contribution >= 0.6 is 0 Å². The van der Waals surface area contributed by atoms with Gasteiger partial charge in [0.2, 0.25) is 0 Å². The van der Waals surface area contributed by atoms with E-state index in [1.807, 2.05) is 6.92 Å². The quantitative estimate of drug-likeness (QED) is 0.173. The molecule has 0 saturated heterocycles. The summed E-state index contributed by atoms with van der Waals surface area (Å²) < 4.78 is 0. The lowest BCUT2D eigenvalue weighted by Crippen LogP contribution is -2.26. The molecule has 6 heteroatoms. The van der Waals surface area contributed by atoms with E-state index >= 15 is 0 Å². The second-order valence-electron chi connectivity index (χ2n) is 8.16. The zero-order chi connectivity index (χ0) is 21.7. The number of rotatable bonds is 6. The van der Waals surface area contributed by atoms with Crippen molar-refractivity contribution in [3.8, 4) is 11.8 Å². The highest BCUT2D eigenvalue weighted by Gasteiger charge is 2.19. The fourth-order valence-electron chi connectivity index (χ4n) is 1.03. The monoisotopic (exact) mass is 408 g/mol. The summed E-state index contributed by atoms with van der Waals surface area (Å²) in [6.07, 6.45) is 2.51. The van der Waals surface area contributed by atoms with Crippen molar-refractivity contribution < 1.29 is 30.2 Å². The first kappa shape index (κ1) is 37.6. The van der Waals surface area contributed by atoms with Gasteiger partial charge in [0.15, 0.2) is 0 Å². The largest absolute Gasteiger partial charge is 0.390 e. The molecule has 0 unspecified atom stereocenters. The molecule has 0 aliphatic rings. The lowest BCUT2D eigenvalue weighted by molar-refractivity contribution is -0.244. The lowest BCUT2D eigenvalue weighted by Gasteiger charge is -2.23. The summed E-state index contributed by atoms with van der Waals surface area (Å²) in [6, 6.07) is 0. The summed E-state index contributed by atoms with van der Waals surface area (Å²) in [5.74, 6) is 5.03. The second kappa shape index (κ2) is 16.8. The van der Waals surface area contributed by atoms with Gasteiger partial charge in [-0.05, 0) is 75.2 Å². The Morgan fingerprint density at radius 1 is 0.750 bits per heavy atom. The van der Waals surface area contributed by atoms with Gasteiger partial charge in [0.1, 0.15) is 17.5 Å². The minimum absolute atomic E-state index is 0. The van der Waals surface area contributed by atoms with Gasteiger partial charge >= 0.3 is 0 Å². The zero-order valence-electron chi connectivity index (χ0n) is 18.0. The standard InChI is InChI=1S/C8H18O2.C8H14O2.C4H8O2.2CH4/c2*1-7(2,9)5-6-8(3,4)10;1-3-5-6-4-2;;/h9-10H,5-6H2,1-4H3;9-10H,1-4H3;3H,1,4H2,2H3;2*1H4. The van der Waals surface area contributed by atoms with Crippen LogP contribution in [0.15, 0.2) is 12.8 Å². The summed E-state index contributed by atoms with van der Waals surface area (Å²) in [5, 5.41) is 36.7. The molecule has 0 spiro atoms. The fraction of sp³-hybridized carbons (Fsp3) is 0.818. The summed E-state index contributed by atoms with van der Waals surface area (Å²) in [4.78, 5) is 8.61. The van der Waals surface area contributed by atoms with Crippen LogP contribution in [0.4, 0.5) is 0 Å². The lowest BCUT2D eigenvalue weighted by atomic mass is 9.94. The van der Waals surface area contributed by atoms with Crippen molar-refractivity contribution in [1.82, 2.24) is 0 Å². The number of aliphatic hydroxyl groups is 4. The van der Waals surface area contributed by atoms with E-state index in [4.69, 9.17) is 10.2 Å². The summed E-state index contributed by atoms with van der Waals surface area (Å²) >= 11 is 0. The van der Waals surface area contributed by atoms with E-state index in [1.54, 1.807) is 55.4 Å². The third-order valence-electron chi connectivity index (χ3n) is 2.28. The zero-order valence-corrected chi connectivity index (χ0v) is 18.0. The maximum atomic E-state index is 9.27. The van der Waals surface area contributed by atoms with Crippen molar-refractivity contribution in [3.63, 3.8) is 0 Å². The topological polar surface area (TPSA) is 99.4 Å². The SMILES string of the molecule is C.C.C=COOCC.CC(C)(O)C#CC(C)(C)O.CC(C)(O)CCC(C)(C)O. The van der Waals surface area contributed by atoms with Crippen LogP contribution in [0.25, 0.3) is 0 Å². The highest BCUT2D eigenvalue weighted by atomic mass is 17.2. The molecule has 0 rings (SSSR count). The van der Waals surface area contributed by atoms with Gasteiger partial charge in [0.05, 0.1) is 17.8 Å². The molecule has 0 amide bonds. The van der Waals surface area contributed by atoms with Crippen LogP contribution in [0, 0.1) is 11.8 Å². The van der Waals surface area contributed by atoms with Crippen LogP contribution in [0.1, 0.15) is 90.0 Å². The summed E-state index contributed by atoms with van der Waals surface area (Å²) in [6.45, 7) is 18.9. The van der Waals surface area contributed by atoms with Gasteiger partial charge in [0.25, 0.3) is 0 Å². The molecule has 0 saturated carbocycles. The van der Waals surface area contributed by atoms with Crippen molar-refractivity contribution >= 4 is 0 Å². The molecule has 0 bridgehead atoms. The molecule has 0 aliphatic carbocycles. The van der Waals surface area contributed by atoms with E-state index in [0.29, 0.717) is 19.4 Å². The maximum Gasteiger partial charge on any atom is 0.122 e. The molecule has 0 aliphatic heterocycles. The Morgan fingerprint density at radius 3 is 1.14 bits per heavy atom. The maximum absolute atomic E-state index is 9.27. The van der Waals surface area contributed by atoms with Gasteiger partial charge in [-0.1, -0.05) is 33.3 Å². The van der Waals surface area contributed by atoms with Crippen molar-refractivity contribution in [2.24, 2.45) is 0 Å². The van der Waals surface area contributed by atoms with Gasteiger partial charge in [-0.3, -0.25) is 0 Å². The van der Waals surface area contributed by atoms with Gasteiger partial charge in [-0.2, -0.15) is 4.89 Å². The summed E-state index contributed by atoms with van der Waals surface area (Å²) in [7, 11) is 0. The molecule has 0 aromatic heterocycles. The Balaban J connectivity index is -0.0000000941. The van der Waals surface area contributed by atoms with Crippen LogP contribution in [0.2, 0.25) is 0 Å². The van der Waals surface area contributed by atoms with Crippen LogP contribution in [-0.4, -0.2) is 49.4 Å². The minimum atomic E-state index is -1.01. The van der Waals surface area contributed by atoms with Crippen molar-refractivity contribution in [3.05, 3.63) is 12.8 Å². The highest BCUT2D eigenvalue weighted by Crippen LogP contribution is 2.17. The molecule has 0 radical (unpaired) electrons. The first-order valence-corrected chi connectivity index (χ1v) is 8.66. The molecule has 4 N–H and O–H groups in total. The minimum Gasteiger partial charge on any atom is -0.390 e. The first-order valence-electron chi connectivity index (χ1n) is 8.66. The second-order valence-corrected chi connectivity index (χ2v) is 8.16. The van der Waals surface area contributed by atoms with Crippen LogP contribution < -0.4 is 0 Å². The predicted octanol–water partition coefficient (Wildman–Crippen LogP) is 4.21. The van der Waals surface area contributed by atoms with Gasteiger partial charge in [-0.25, -0.2) is 0 Å². The smallest absolute Gasteiger partial charge is 0.122 e. The van der Waals surface area contributed by atoms with Crippen molar-refractivity contribution in [1.29, 1.82) is 0 Å². The van der Waals surface area contributed by atoms with E-state index in [9.17, 15) is 10.2 Å². The molecule has 172 valence electrons. The Labute approximate surface area is 174 Å². The number of hydrogen-bond acceptors (Lipinski definition) is 6. The van der Waals surface area contributed by atoms with E-state index in [-0.39, 0.29) is 14.9 Å². The van der Waals surface area contributed by atoms with E-state index in [1.165, 1.54) is 6.26 Å². The van der Waals surface area contributed by atoms with Crippen LogP contribution in [-0.2, 0) is 9.78 Å². The molecule has 0 aromatic rings. The Morgan fingerprint density at radius 2 is 1.04 bits per heavy atom. The molecule has 0 atom stereocenters. The normalized spacial score (nSPS) is 10.9. The highest BCUT2D eigenvalue weighted by molar-refractivity contribution is 5.16. The van der Waals surface area contributed by atoms with Crippen LogP contribution in [0.3, 0.4) is 0 Å². The molecule has 0 heterocycles. The molecular formula is C22H48O6. The molecule has 0 aromatic carbocycles. The Hall–Kier alpha value is -1.10.